The van der Waals surface area contributed by atoms with Gasteiger partial charge in [0.25, 0.3) is 5.56 Å². The van der Waals surface area contributed by atoms with Crippen molar-refractivity contribution in [1.29, 1.82) is 0 Å². The first-order chi connectivity index (χ1) is 15.5. The third-order valence-electron chi connectivity index (χ3n) is 4.96. The molecule has 5 rings (SSSR count). The van der Waals surface area contributed by atoms with Crippen molar-refractivity contribution in [3.63, 3.8) is 0 Å². The second-order valence-electron chi connectivity index (χ2n) is 6.99. The molecule has 3 aromatic carbocycles. The minimum atomic E-state index is -0.294. The van der Waals surface area contributed by atoms with Gasteiger partial charge >= 0.3 is 0 Å². The average Bonchev–Trinajstić information content (AvgIpc) is 3.21. The molecule has 0 spiro atoms. The van der Waals surface area contributed by atoms with Crippen molar-refractivity contribution in [1.82, 2.24) is 9.66 Å². The Balaban J connectivity index is 1.74. The summed E-state index contributed by atoms with van der Waals surface area (Å²) in [6.45, 7) is 0. The highest BCUT2D eigenvalue weighted by atomic mass is 79.9. The molecule has 2 aromatic heterocycles. The van der Waals surface area contributed by atoms with Gasteiger partial charge in [-0.05, 0) is 54.6 Å². The Kier molecular flexibility index (Phi) is 5.40. The molecule has 8 heteroatoms. The molecule has 5 aromatic rings. The van der Waals surface area contributed by atoms with Gasteiger partial charge in [0.1, 0.15) is 11.3 Å². The number of halogens is 2. The lowest BCUT2D eigenvalue weighted by Crippen LogP contribution is -2.20. The maximum atomic E-state index is 13.4. The van der Waals surface area contributed by atoms with E-state index in [9.17, 15) is 4.79 Å². The number of rotatable bonds is 4. The van der Waals surface area contributed by atoms with Crippen LogP contribution in [0.3, 0.4) is 0 Å². The molecule has 2 heterocycles. The zero-order chi connectivity index (χ0) is 22.2. The first-order valence-electron chi connectivity index (χ1n) is 9.62. The van der Waals surface area contributed by atoms with E-state index in [1.165, 1.54) is 4.68 Å². The molecule has 0 aliphatic rings. The number of nitrogens with zero attached hydrogens (tertiary/aromatic N) is 3. The standard InChI is InChI=1S/C24H15Br2N3O3/c1-31-20-8-6-17(26)11-15(20)13-27-29-23(28-19-5-3-2-4-18(19)24(29)30)22-12-14-10-16(25)7-9-21(14)32-22/h2-13H,1H3. The van der Waals surface area contributed by atoms with Gasteiger partial charge in [0.15, 0.2) is 5.76 Å². The van der Waals surface area contributed by atoms with Crippen LogP contribution in [-0.2, 0) is 0 Å². The van der Waals surface area contributed by atoms with Crippen molar-refractivity contribution in [2.45, 2.75) is 0 Å². The Bertz CT molecular complexity index is 1570. The summed E-state index contributed by atoms with van der Waals surface area (Å²) < 4.78 is 14.5. The summed E-state index contributed by atoms with van der Waals surface area (Å²) in [6.07, 6.45) is 1.57. The van der Waals surface area contributed by atoms with Crippen molar-refractivity contribution in [2.24, 2.45) is 5.10 Å². The Labute approximate surface area is 199 Å². The molecular formula is C24H15Br2N3O3. The van der Waals surface area contributed by atoms with Crippen LogP contribution in [0.15, 0.2) is 90.0 Å². The second-order valence-corrected chi connectivity index (χ2v) is 8.82. The molecule has 0 bridgehead atoms. The number of benzene rings is 3. The molecule has 0 aliphatic heterocycles. The maximum Gasteiger partial charge on any atom is 0.282 e. The lowest BCUT2D eigenvalue weighted by molar-refractivity contribution is 0.414. The minimum absolute atomic E-state index is 0.294. The third-order valence-corrected chi connectivity index (χ3v) is 5.94. The van der Waals surface area contributed by atoms with E-state index in [1.807, 2.05) is 48.5 Å². The predicted octanol–water partition coefficient (Wildman–Crippen LogP) is 6.23. The SMILES string of the molecule is COc1ccc(Br)cc1C=Nn1c(-c2cc3cc(Br)ccc3o2)nc2ccccc2c1=O. The van der Waals surface area contributed by atoms with Gasteiger partial charge in [0.05, 0.1) is 24.2 Å². The molecule has 0 saturated carbocycles. The Morgan fingerprint density at radius 3 is 2.66 bits per heavy atom. The monoisotopic (exact) mass is 551 g/mol. The van der Waals surface area contributed by atoms with Crippen LogP contribution in [0.1, 0.15) is 5.56 Å². The molecule has 0 aliphatic carbocycles. The van der Waals surface area contributed by atoms with Crippen molar-refractivity contribution < 1.29 is 9.15 Å². The second kappa shape index (κ2) is 8.37. The van der Waals surface area contributed by atoms with E-state index < -0.39 is 0 Å². The van der Waals surface area contributed by atoms with Crippen LogP contribution >= 0.6 is 31.9 Å². The Morgan fingerprint density at radius 2 is 1.81 bits per heavy atom. The predicted molar refractivity (Wildman–Crippen MR) is 133 cm³/mol. The summed E-state index contributed by atoms with van der Waals surface area (Å²) in [5.74, 6) is 1.39. The van der Waals surface area contributed by atoms with Crippen molar-refractivity contribution in [3.8, 4) is 17.3 Å². The number of aromatic nitrogens is 2. The van der Waals surface area contributed by atoms with Gasteiger partial charge in [-0.25, -0.2) is 4.98 Å². The van der Waals surface area contributed by atoms with Gasteiger partial charge in [-0.3, -0.25) is 4.79 Å². The van der Waals surface area contributed by atoms with Crippen LogP contribution in [0.5, 0.6) is 5.75 Å². The third kappa shape index (κ3) is 3.76. The fourth-order valence-corrected chi connectivity index (χ4v) is 4.20. The van der Waals surface area contributed by atoms with Crippen LogP contribution in [0.4, 0.5) is 0 Å². The van der Waals surface area contributed by atoms with E-state index in [0.29, 0.717) is 39.4 Å². The maximum absolute atomic E-state index is 13.4. The molecule has 0 saturated heterocycles. The van der Waals surface area contributed by atoms with Crippen LogP contribution < -0.4 is 10.3 Å². The normalized spacial score (nSPS) is 11.6. The highest BCUT2D eigenvalue weighted by molar-refractivity contribution is 9.10. The summed E-state index contributed by atoms with van der Waals surface area (Å²) in [6, 6.07) is 20.3. The zero-order valence-corrected chi connectivity index (χ0v) is 19.9. The fourth-order valence-electron chi connectivity index (χ4n) is 3.44. The fraction of sp³-hybridized carbons (Fsp3) is 0.0417. The van der Waals surface area contributed by atoms with Crippen molar-refractivity contribution >= 4 is 59.9 Å². The van der Waals surface area contributed by atoms with Gasteiger partial charge in [0, 0.05) is 19.9 Å². The van der Waals surface area contributed by atoms with Gasteiger partial charge in [-0.1, -0.05) is 44.0 Å². The van der Waals surface area contributed by atoms with Gasteiger partial charge < -0.3 is 9.15 Å². The zero-order valence-electron chi connectivity index (χ0n) is 16.8. The molecule has 0 radical (unpaired) electrons. The minimum Gasteiger partial charge on any atom is -0.496 e. The van der Waals surface area contributed by atoms with Crippen LogP contribution in [0, 0.1) is 0 Å². The van der Waals surface area contributed by atoms with E-state index in [4.69, 9.17) is 14.1 Å². The first kappa shape index (κ1) is 20.7. The molecule has 6 nitrogen and oxygen atoms in total. The number of furan rings is 1. The van der Waals surface area contributed by atoms with Crippen LogP contribution in [0.2, 0.25) is 0 Å². The van der Waals surface area contributed by atoms with Crippen molar-refractivity contribution in [3.05, 3.63) is 91.6 Å². The largest absolute Gasteiger partial charge is 0.496 e. The highest BCUT2D eigenvalue weighted by Gasteiger charge is 2.16. The van der Waals surface area contributed by atoms with Crippen molar-refractivity contribution in [2.75, 3.05) is 7.11 Å². The summed E-state index contributed by atoms with van der Waals surface area (Å²) in [4.78, 5) is 18.1. The van der Waals surface area contributed by atoms with E-state index in [1.54, 1.807) is 31.5 Å². The van der Waals surface area contributed by atoms with Gasteiger partial charge in [-0.15, -0.1) is 0 Å². The number of fused-ring (bicyclic) bond motifs is 2. The van der Waals surface area contributed by atoms with E-state index in [-0.39, 0.29) is 5.56 Å². The van der Waals surface area contributed by atoms with E-state index in [2.05, 4.69) is 37.0 Å². The molecule has 0 fully saturated rings. The quantitative estimate of drug-likeness (QED) is 0.248. The highest BCUT2D eigenvalue weighted by Crippen LogP contribution is 2.29. The number of para-hydroxylation sites is 1. The summed E-state index contributed by atoms with van der Waals surface area (Å²) >= 11 is 6.93. The van der Waals surface area contributed by atoms with E-state index >= 15 is 0 Å². The number of hydrogen-bond donors (Lipinski definition) is 0. The molecule has 0 N–H and O–H groups in total. The molecule has 0 amide bonds. The first-order valence-corrected chi connectivity index (χ1v) is 11.2. The van der Waals surface area contributed by atoms with Crippen LogP contribution in [-0.4, -0.2) is 23.0 Å². The van der Waals surface area contributed by atoms with Crippen LogP contribution in [0.25, 0.3) is 33.5 Å². The Morgan fingerprint density at radius 1 is 1.03 bits per heavy atom. The summed E-state index contributed by atoms with van der Waals surface area (Å²) in [7, 11) is 1.59. The average molecular weight is 553 g/mol. The molecule has 32 heavy (non-hydrogen) atoms. The molecular weight excluding hydrogens is 538 g/mol. The van der Waals surface area contributed by atoms with Gasteiger partial charge in [-0.2, -0.15) is 9.78 Å². The summed E-state index contributed by atoms with van der Waals surface area (Å²) in [5.41, 5.74) is 1.68. The van der Waals surface area contributed by atoms with E-state index in [0.717, 1.165) is 14.3 Å². The molecule has 158 valence electrons. The van der Waals surface area contributed by atoms with Gasteiger partial charge in [0.2, 0.25) is 5.82 Å². The summed E-state index contributed by atoms with van der Waals surface area (Å²) in [5, 5.41) is 5.84. The lowest BCUT2D eigenvalue weighted by Gasteiger charge is -2.08. The number of ether oxygens (including phenoxy) is 1. The molecule has 0 unspecified atom stereocenters. The topological polar surface area (TPSA) is 69.6 Å². The number of hydrogen-bond acceptors (Lipinski definition) is 5. The Hall–Kier alpha value is -3.23. The lowest BCUT2D eigenvalue weighted by atomic mass is 10.2. The number of methoxy groups -OCH3 is 1. The molecule has 0 atom stereocenters. The smallest absolute Gasteiger partial charge is 0.282 e.